The molecule has 1 aliphatic heterocycles. The topological polar surface area (TPSA) is 100 Å². The Morgan fingerprint density at radius 3 is 2.55 bits per heavy atom. The maximum atomic E-state index is 13.3. The molecule has 2 aromatic carbocycles. The van der Waals surface area contributed by atoms with E-state index in [-0.39, 0.29) is 29.2 Å². The number of nitrogens with zero attached hydrogens (tertiary/aromatic N) is 1. The molecule has 7 nitrogen and oxygen atoms in total. The molecule has 0 saturated carbocycles. The molecule has 1 unspecified atom stereocenters. The van der Waals surface area contributed by atoms with Crippen LogP contribution in [0.15, 0.2) is 70.9 Å². The molecule has 158 valence electrons. The highest BCUT2D eigenvalue weighted by molar-refractivity contribution is 6.46. The maximum Gasteiger partial charge on any atom is 0.296 e. The lowest BCUT2D eigenvalue weighted by Crippen LogP contribution is -2.29. The van der Waals surface area contributed by atoms with E-state index in [1.807, 2.05) is 0 Å². The lowest BCUT2D eigenvalue weighted by atomic mass is 9.95. The van der Waals surface area contributed by atoms with Crippen LogP contribution in [0.4, 0.5) is 4.39 Å². The average molecular weight is 423 g/mol. The van der Waals surface area contributed by atoms with Gasteiger partial charge in [0.05, 0.1) is 31.5 Å². The number of benzene rings is 2. The molecule has 8 heteroatoms. The van der Waals surface area contributed by atoms with Gasteiger partial charge in [-0.2, -0.15) is 0 Å². The van der Waals surface area contributed by atoms with Gasteiger partial charge in [0.15, 0.2) is 11.5 Å². The smallest absolute Gasteiger partial charge is 0.296 e. The number of phenolic OH excluding ortho intramolecular Hbond substituents is 1. The van der Waals surface area contributed by atoms with Crippen LogP contribution < -0.4 is 4.74 Å². The molecule has 0 radical (unpaired) electrons. The SMILES string of the molecule is COc1cc(C2C(=C(O)c3ccc(F)cc3)C(=O)C(=O)N2Cc2ccco2)ccc1O. The zero-order valence-electron chi connectivity index (χ0n) is 16.4. The fourth-order valence-corrected chi connectivity index (χ4v) is 3.59. The van der Waals surface area contributed by atoms with Crippen molar-refractivity contribution in [3.63, 3.8) is 0 Å². The molecular formula is C23H18FNO6. The van der Waals surface area contributed by atoms with Gasteiger partial charge in [-0.3, -0.25) is 9.59 Å². The Morgan fingerprint density at radius 1 is 1.16 bits per heavy atom. The van der Waals surface area contributed by atoms with E-state index in [9.17, 15) is 24.2 Å². The van der Waals surface area contributed by atoms with Crippen molar-refractivity contribution in [1.82, 2.24) is 4.90 Å². The Balaban J connectivity index is 1.89. The van der Waals surface area contributed by atoms with Crippen molar-refractivity contribution < 1.29 is 33.3 Å². The first kappa shape index (κ1) is 20.2. The van der Waals surface area contributed by atoms with E-state index in [0.29, 0.717) is 11.3 Å². The predicted octanol–water partition coefficient (Wildman–Crippen LogP) is 3.75. The van der Waals surface area contributed by atoms with Gasteiger partial charge in [0.25, 0.3) is 11.7 Å². The number of aliphatic hydroxyl groups excluding tert-OH is 1. The van der Waals surface area contributed by atoms with Gasteiger partial charge < -0.3 is 24.3 Å². The van der Waals surface area contributed by atoms with Gasteiger partial charge in [0.2, 0.25) is 0 Å². The maximum absolute atomic E-state index is 13.3. The van der Waals surface area contributed by atoms with E-state index in [0.717, 1.165) is 12.1 Å². The largest absolute Gasteiger partial charge is 0.507 e. The number of aliphatic hydroxyl groups is 1. The standard InChI is InChI=1S/C23H18FNO6/c1-30-18-11-14(6-9-17(18)26)20-19(21(27)13-4-7-15(24)8-5-13)22(28)23(29)25(20)12-16-3-2-10-31-16/h2-11,20,26-27H,12H2,1H3. The minimum atomic E-state index is -0.982. The summed E-state index contributed by atoms with van der Waals surface area (Å²) in [4.78, 5) is 27.1. The third-order valence-corrected chi connectivity index (χ3v) is 5.08. The Morgan fingerprint density at radius 2 is 1.90 bits per heavy atom. The highest BCUT2D eigenvalue weighted by Crippen LogP contribution is 2.42. The first-order chi connectivity index (χ1) is 14.9. The lowest BCUT2D eigenvalue weighted by Gasteiger charge is -2.25. The molecule has 0 spiro atoms. The first-order valence-corrected chi connectivity index (χ1v) is 9.34. The fourth-order valence-electron chi connectivity index (χ4n) is 3.59. The highest BCUT2D eigenvalue weighted by Gasteiger charge is 2.46. The summed E-state index contributed by atoms with van der Waals surface area (Å²) in [5, 5.41) is 20.9. The fraction of sp³-hybridized carbons (Fsp3) is 0.130. The van der Waals surface area contributed by atoms with Crippen molar-refractivity contribution >= 4 is 17.4 Å². The monoisotopic (exact) mass is 423 g/mol. The van der Waals surface area contributed by atoms with Crippen molar-refractivity contribution in [3.8, 4) is 11.5 Å². The van der Waals surface area contributed by atoms with E-state index in [2.05, 4.69) is 0 Å². The van der Waals surface area contributed by atoms with Gasteiger partial charge in [-0.15, -0.1) is 0 Å². The molecule has 31 heavy (non-hydrogen) atoms. The number of carbonyl (C=O) groups is 2. The van der Waals surface area contributed by atoms with Crippen LogP contribution in [0.2, 0.25) is 0 Å². The Bertz CT molecular complexity index is 1170. The molecule has 1 amide bonds. The van der Waals surface area contributed by atoms with Crippen molar-refractivity contribution in [2.45, 2.75) is 12.6 Å². The molecule has 0 bridgehead atoms. The normalized spacial score (nSPS) is 17.9. The number of Topliss-reactive ketones (excluding diaryl/α,β-unsaturated/α-hetero) is 1. The number of ether oxygens (including phenoxy) is 1. The number of phenols is 1. The van der Waals surface area contributed by atoms with Gasteiger partial charge in [0, 0.05) is 5.56 Å². The molecule has 1 fully saturated rings. The molecule has 0 aliphatic carbocycles. The summed E-state index contributed by atoms with van der Waals surface area (Å²) in [5.74, 6) is -2.18. The highest BCUT2D eigenvalue weighted by atomic mass is 19.1. The van der Waals surface area contributed by atoms with Crippen molar-refractivity contribution in [2.75, 3.05) is 7.11 Å². The summed E-state index contributed by atoms with van der Waals surface area (Å²) >= 11 is 0. The number of aromatic hydroxyl groups is 1. The summed E-state index contributed by atoms with van der Waals surface area (Å²) in [5.41, 5.74) is 0.466. The summed E-state index contributed by atoms with van der Waals surface area (Å²) < 4.78 is 23.8. The molecule has 3 aromatic rings. The molecule has 1 atom stereocenters. The predicted molar refractivity (Wildman–Crippen MR) is 108 cm³/mol. The average Bonchev–Trinajstić information content (AvgIpc) is 3.37. The Hall–Kier alpha value is -4.07. The van der Waals surface area contributed by atoms with E-state index < -0.39 is 29.3 Å². The van der Waals surface area contributed by atoms with E-state index in [4.69, 9.17) is 9.15 Å². The van der Waals surface area contributed by atoms with Crippen LogP contribution in [-0.4, -0.2) is 33.9 Å². The Labute approximate surface area is 176 Å². The second-order valence-corrected chi connectivity index (χ2v) is 6.94. The minimum absolute atomic E-state index is 0.0222. The molecule has 2 heterocycles. The van der Waals surface area contributed by atoms with Gasteiger partial charge in [0.1, 0.15) is 17.3 Å². The summed E-state index contributed by atoms with van der Waals surface area (Å²) in [7, 11) is 1.37. The lowest BCUT2D eigenvalue weighted by molar-refractivity contribution is -0.140. The van der Waals surface area contributed by atoms with E-state index >= 15 is 0 Å². The number of rotatable bonds is 5. The van der Waals surface area contributed by atoms with Crippen molar-refractivity contribution in [3.05, 3.63) is 89.1 Å². The molecule has 1 aliphatic rings. The van der Waals surface area contributed by atoms with Crippen molar-refractivity contribution in [2.24, 2.45) is 0 Å². The second kappa shape index (κ2) is 7.98. The third kappa shape index (κ3) is 3.63. The molecule has 4 rings (SSSR count). The minimum Gasteiger partial charge on any atom is -0.507 e. The summed E-state index contributed by atoms with van der Waals surface area (Å²) in [6.07, 6.45) is 1.45. The van der Waals surface area contributed by atoms with Crippen LogP contribution in [0.1, 0.15) is 22.9 Å². The molecule has 2 N–H and O–H groups in total. The number of halogens is 1. The van der Waals surface area contributed by atoms with Crippen LogP contribution in [-0.2, 0) is 16.1 Å². The summed E-state index contributed by atoms with van der Waals surface area (Å²) in [6.45, 7) is -0.0222. The van der Waals surface area contributed by atoms with E-state index in [1.54, 1.807) is 12.1 Å². The van der Waals surface area contributed by atoms with Crippen LogP contribution in [0.25, 0.3) is 5.76 Å². The number of carbonyl (C=O) groups excluding carboxylic acids is 2. The number of ketones is 1. The van der Waals surface area contributed by atoms with Gasteiger partial charge in [-0.05, 0) is 54.1 Å². The number of methoxy groups -OCH3 is 1. The quantitative estimate of drug-likeness (QED) is 0.368. The van der Waals surface area contributed by atoms with Crippen LogP contribution in [0.5, 0.6) is 11.5 Å². The molecule has 1 aromatic heterocycles. The number of hydrogen-bond acceptors (Lipinski definition) is 6. The number of amides is 1. The third-order valence-electron chi connectivity index (χ3n) is 5.08. The van der Waals surface area contributed by atoms with Crippen LogP contribution in [0.3, 0.4) is 0 Å². The van der Waals surface area contributed by atoms with Gasteiger partial charge in [-0.25, -0.2) is 4.39 Å². The second-order valence-electron chi connectivity index (χ2n) is 6.94. The van der Waals surface area contributed by atoms with Gasteiger partial charge >= 0.3 is 0 Å². The number of furan rings is 1. The number of likely N-dealkylation sites (tertiary alicyclic amines) is 1. The number of hydrogen-bond donors (Lipinski definition) is 2. The summed E-state index contributed by atoms with van der Waals surface area (Å²) in [6, 6.07) is 11.7. The van der Waals surface area contributed by atoms with E-state index in [1.165, 1.54) is 48.6 Å². The molecule has 1 saturated heterocycles. The molecular weight excluding hydrogens is 405 g/mol. The Kier molecular flexibility index (Phi) is 5.21. The zero-order chi connectivity index (χ0) is 22.1. The van der Waals surface area contributed by atoms with Crippen molar-refractivity contribution in [1.29, 1.82) is 0 Å². The zero-order valence-corrected chi connectivity index (χ0v) is 16.4. The first-order valence-electron chi connectivity index (χ1n) is 9.34. The van der Waals surface area contributed by atoms with Gasteiger partial charge in [-0.1, -0.05) is 6.07 Å². The van der Waals surface area contributed by atoms with Crippen LogP contribution >= 0.6 is 0 Å². The van der Waals surface area contributed by atoms with Crippen LogP contribution in [0, 0.1) is 5.82 Å².